The Labute approximate surface area is 120 Å². The zero-order valence-electron chi connectivity index (χ0n) is 11.6. The van der Waals surface area contributed by atoms with Crippen molar-refractivity contribution in [2.75, 3.05) is 32.2 Å². The van der Waals surface area contributed by atoms with Gasteiger partial charge >= 0.3 is 6.18 Å². The molecule has 0 radical (unpaired) electrons. The number of hydrogen-bond donors (Lipinski definition) is 1. The predicted molar refractivity (Wildman–Crippen MR) is 72.6 cm³/mol. The van der Waals surface area contributed by atoms with E-state index < -0.39 is 11.7 Å². The van der Waals surface area contributed by atoms with Crippen LogP contribution in [0.2, 0.25) is 0 Å². The quantitative estimate of drug-likeness (QED) is 0.922. The normalized spacial score (nSPS) is 18.1. The average molecular weight is 303 g/mol. The number of ether oxygens (including phenoxy) is 2. The van der Waals surface area contributed by atoms with Crippen LogP contribution in [0.15, 0.2) is 23.2 Å². The highest BCUT2D eigenvalue weighted by Crippen LogP contribution is 2.35. The molecule has 0 unspecified atom stereocenters. The molecule has 1 aromatic rings. The molecule has 1 heterocycles. The number of aliphatic imine (C=N–C) groups is 1. The highest BCUT2D eigenvalue weighted by molar-refractivity contribution is 5.73. The Morgan fingerprint density at radius 1 is 1.43 bits per heavy atom. The van der Waals surface area contributed by atoms with E-state index in [-0.39, 0.29) is 17.8 Å². The van der Waals surface area contributed by atoms with E-state index in [0.29, 0.717) is 18.8 Å². The lowest BCUT2D eigenvalue weighted by molar-refractivity contribution is -0.137. The Bertz CT molecular complexity index is 546. The van der Waals surface area contributed by atoms with Crippen LogP contribution in [0.5, 0.6) is 5.75 Å². The summed E-state index contributed by atoms with van der Waals surface area (Å²) in [5.41, 5.74) is 5.04. The summed E-state index contributed by atoms with van der Waals surface area (Å²) in [6, 6.07) is 3.49. The lowest BCUT2D eigenvalue weighted by Gasteiger charge is -2.23. The van der Waals surface area contributed by atoms with Crippen molar-refractivity contribution in [1.82, 2.24) is 0 Å². The van der Waals surface area contributed by atoms with Gasteiger partial charge in [0.05, 0.1) is 12.7 Å². The van der Waals surface area contributed by atoms with Gasteiger partial charge in [-0.05, 0) is 12.1 Å². The van der Waals surface area contributed by atoms with E-state index in [1.54, 1.807) is 11.9 Å². The number of methoxy groups -OCH3 is 1. The van der Waals surface area contributed by atoms with Gasteiger partial charge in [0.2, 0.25) is 0 Å². The number of hydrogen-bond acceptors (Lipinski definition) is 5. The largest absolute Gasteiger partial charge is 0.497 e. The Morgan fingerprint density at radius 3 is 2.67 bits per heavy atom. The first-order chi connectivity index (χ1) is 9.79. The van der Waals surface area contributed by atoms with Crippen molar-refractivity contribution in [3.63, 3.8) is 0 Å². The molecule has 0 saturated heterocycles. The van der Waals surface area contributed by atoms with Crippen molar-refractivity contribution in [2.45, 2.75) is 12.2 Å². The van der Waals surface area contributed by atoms with Gasteiger partial charge in [-0.3, -0.25) is 0 Å². The molecule has 1 aliphatic rings. The number of alkyl halides is 3. The molecule has 0 bridgehead atoms. The standard InChI is InChI=1S/C13H16F3N3O2/c1-19(6-9-7-21-12(17)18-9)10-3-8(13(14,15)16)4-11(5-10)20-2/h3-5,9H,6-7H2,1-2H3,(H2,17,18)/t9-/m0/s1. The van der Waals surface area contributed by atoms with Gasteiger partial charge in [-0.2, -0.15) is 13.2 Å². The van der Waals surface area contributed by atoms with Crippen LogP contribution in [0, 0.1) is 0 Å². The maximum absolute atomic E-state index is 12.9. The van der Waals surface area contributed by atoms with Gasteiger partial charge in [0, 0.05) is 25.3 Å². The van der Waals surface area contributed by atoms with Gasteiger partial charge in [-0.15, -0.1) is 0 Å². The summed E-state index contributed by atoms with van der Waals surface area (Å²) >= 11 is 0. The third-order valence-electron chi connectivity index (χ3n) is 3.11. The monoisotopic (exact) mass is 303 g/mol. The molecule has 0 amide bonds. The molecule has 0 saturated carbocycles. The summed E-state index contributed by atoms with van der Waals surface area (Å²) in [7, 11) is 3.01. The van der Waals surface area contributed by atoms with Crippen molar-refractivity contribution in [3.8, 4) is 5.75 Å². The number of halogens is 3. The molecule has 1 aromatic carbocycles. The minimum absolute atomic E-state index is 0.107. The van der Waals surface area contributed by atoms with Crippen molar-refractivity contribution in [2.24, 2.45) is 10.7 Å². The summed E-state index contributed by atoms with van der Waals surface area (Å²) < 4.78 is 48.6. The lowest BCUT2D eigenvalue weighted by Crippen LogP contribution is -2.29. The van der Waals surface area contributed by atoms with Crippen LogP contribution < -0.4 is 15.4 Å². The first kappa shape index (κ1) is 15.3. The molecule has 2 N–H and O–H groups in total. The number of likely N-dealkylation sites (N-methyl/N-ethyl adjacent to an activating group) is 1. The Kier molecular flexibility index (Phi) is 4.15. The number of anilines is 1. The third kappa shape index (κ3) is 3.71. The smallest absolute Gasteiger partial charge is 0.416 e. The van der Waals surface area contributed by atoms with E-state index in [0.717, 1.165) is 12.1 Å². The van der Waals surface area contributed by atoms with E-state index in [9.17, 15) is 13.2 Å². The fourth-order valence-corrected chi connectivity index (χ4v) is 2.04. The summed E-state index contributed by atoms with van der Waals surface area (Å²) in [6.45, 7) is 0.720. The second-order valence-electron chi connectivity index (χ2n) is 4.73. The summed E-state index contributed by atoms with van der Waals surface area (Å²) in [6.07, 6.45) is -4.43. The molecular formula is C13H16F3N3O2. The third-order valence-corrected chi connectivity index (χ3v) is 3.11. The van der Waals surface area contributed by atoms with E-state index in [2.05, 4.69) is 4.99 Å². The summed E-state index contributed by atoms with van der Waals surface area (Å²) in [4.78, 5) is 5.71. The van der Waals surface area contributed by atoms with Crippen molar-refractivity contribution >= 4 is 11.7 Å². The molecule has 0 fully saturated rings. The Balaban J connectivity index is 2.21. The van der Waals surface area contributed by atoms with Gasteiger partial charge < -0.3 is 20.1 Å². The number of nitrogens with two attached hydrogens (primary N) is 1. The molecule has 21 heavy (non-hydrogen) atoms. The fraction of sp³-hybridized carbons (Fsp3) is 0.462. The van der Waals surface area contributed by atoms with Crippen molar-refractivity contribution in [3.05, 3.63) is 23.8 Å². The zero-order chi connectivity index (χ0) is 15.6. The first-order valence-corrected chi connectivity index (χ1v) is 6.23. The Hall–Kier alpha value is -2.12. The highest BCUT2D eigenvalue weighted by Gasteiger charge is 2.32. The van der Waals surface area contributed by atoms with Crippen molar-refractivity contribution in [1.29, 1.82) is 0 Å². The van der Waals surface area contributed by atoms with Crippen LogP contribution in [0.25, 0.3) is 0 Å². The number of nitrogens with zero attached hydrogens (tertiary/aromatic N) is 2. The van der Waals surface area contributed by atoms with Crippen molar-refractivity contribution < 1.29 is 22.6 Å². The SMILES string of the molecule is COc1cc(N(C)C[C@H]2COC(N)=N2)cc(C(F)(F)F)c1. The lowest BCUT2D eigenvalue weighted by atomic mass is 10.1. The summed E-state index contributed by atoms with van der Waals surface area (Å²) in [5.74, 6) is 0.150. The maximum atomic E-state index is 12.9. The van der Waals surface area contributed by atoms with Gasteiger partial charge in [0.1, 0.15) is 18.4 Å². The minimum Gasteiger partial charge on any atom is -0.497 e. The maximum Gasteiger partial charge on any atom is 0.416 e. The van der Waals surface area contributed by atoms with Crippen LogP contribution in [-0.2, 0) is 10.9 Å². The number of rotatable bonds is 4. The van der Waals surface area contributed by atoms with Crippen LogP contribution in [-0.4, -0.2) is 39.4 Å². The molecule has 1 aliphatic heterocycles. The average Bonchev–Trinajstić information content (AvgIpc) is 2.82. The number of amidine groups is 1. The minimum atomic E-state index is -4.43. The highest BCUT2D eigenvalue weighted by atomic mass is 19.4. The van der Waals surface area contributed by atoms with E-state index in [4.69, 9.17) is 15.2 Å². The molecule has 0 aromatic heterocycles. The van der Waals surface area contributed by atoms with Gasteiger partial charge in [-0.1, -0.05) is 0 Å². The fourth-order valence-electron chi connectivity index (χ4n) is 2.04. The topological polar surface area (TPSA) is 60.1 Å². The summed E-state index contributed by atoms with van der Waals surface area (Å²) in [5, 5.41) is 0. The molecule has 1 atom stereocenters. The van der Waals surface area contributed by atoms with Gasteiger partial charge in [-0.25, -0.2) is 4.99 Å². The van der Waals surface area contributed by atoms with Gasteiger partial charge in [0.15, 0.2) is 0 Å². The molecule has 5 nitrogen and oxygen atoms in total. The predicted octanol–water partition coefficient (Wildman–Crippen LogP) is 1.86. The number of benzene rings is 1. The molecular weight excluding hydrogens is 287 g/mol. The van der Waals surface area contributed by atoms with Crippen LogP contribution in [0.4, 0.5) is 18.9 Å². The van der Waals surface area contributed by atoms with E-state index in [1.807, 2.05) is 0 Å². The molecule has 0 spiro atoms. The van der Waals surface area contributed by atoms with Crippen LogP contribution >= 0.6 is 0 Å². The molecule has 2 rings (SSSR count). The van der Waals surface area contributed by atoms with E-state index >= 15 is 0 Å². The second kappa shape index (κ2) is 5.71. The van der Waals surface area contributed by atoms with Crippen LogP contribution in [0.1, 0.15) is 5.56 Å². The molecule has 0 aliphatic carbocycles. The first-order valence-electron chi connectivity index (χ1n) is 6.23. The van der Waals surface area contributed by atoms with Crippen LogP contribution in [0.3, 0.4) is 0 Å². The van der Waals surface area contributed by atoms with Gasteiger partial charge in [0.25, 0.3) is 6.02 Å². The second-order valence-corrected chi connectivity index (χ2v) is 4.73. The molecule has 8 heteroatoms. The van der Waals surface area contributed by atoms with E-state index in [1.165, 1.54) is 13.2 Å². The molecule has 116 valence electrons. The zero-order valence-corrected chi connectivity index (χ0v) is 11.6. The Morgan fingerprint density at radius 2 is 2.14 bits per heavy atom.